The van der Waals surface area contributed by atoms with E-state index in [1.165, 1.54) is 23.9 Å². The summed E-state index contributed by atoms with van der Waals surface area (Å²) < 4.78 is 13.3. The number of thioether (sulfide) groups is 1. The molecule has 0 spiro atoms. The maximum absolute atomic E-state index is 13.3. The second-order valence-corrected chi connectivity index (χ2v) is 5.78. The molecule has 104 valence electrons. The molecule has 0 atom stereocenters. The van der Waals surface area contributed by atoms with Gasteiger partial charge in [0.05, 0.1) is 15.6 Å². The van der Waals surface area contributed by atoms with Crippen LogP contribution in [-0.2, 0) is 5.75 Å². The zero-order chi connectivity index (χ0) is 14.7. The highest BCUT2D eigenvalue weighted by atomic mass is 35.5. The van der Waals surface area contributed by atoms with E-state index in [2.05, 4.69) is 0 Å². The average Bonchev–Trinajstić information content (AvgIpc) is 2.41. The van der Waals surface area contributed by atoms with Crippen molar-refractivity contribution in [2.75, 3.05) is 0 Å². The molecule has 2 aromatic rings. The summed E-state index contributed by atoms with van der Waals surface area (Å²) in [6.45, 7) is 0. The lowest BCUT2D eigenvalue weighted by molar-refractivity contribution is 0.0691. The van der Waals surface area contributed by atoms with Crippen LogP contribution in [0.25, 0.3) is 0 Å². The van der Waals surface area contributed by atoms with Crippen molar-refractivity contribution in [3.8, 4) is 0 Å². The third kappa shape index (κ3) is 3.45. The predicted octanol–water partition coefficient (Wildman–Crippen LogP) is 5.12. The first kappa shape index (κ1) is 15.2. The van der Waals surface area contributed by atoms with Gasteiger partial charge in [-0.3, -0.25) is 0 Å². The second kappa shape index (κ2) is 6.48. The van der Waals surface area contributed by atoms with Crippen molar-refractivity contribution in [3.63, 3.8) is 0 Å². The minimum atomic E-state index is -1.29. The van der Waals surface area contributed by atoms with Crippen LogP contribution < -0.4 is 0 Å². The van der Waals surface area contributed by atoms with Crippen LogP contribution in [0.1, 0.15) is 15.9 Å². The fourth-order valence-electron chi connectivity index (χ4n) is 1.58. The van der Waals surface area contributed by atoms with Gasteiger partial charge in [-0.25, -0.2) is 9.18 Å². The summed E-state index contributed by atoms with van der Waals surface area (Å²) in [5.41, 5.74) is 0.498. The Morgan fingerprint density at radius 3 is 2.70 bits per heavy atom. The van der Waals surface area contributed by atoms with E-state index in [0.29, 0.717) is 20.7 Å². The van der Waals surface area contributed by atoms with E-state index in [-0.39, 0.29) is 5.56 Å². The van der Waals surface area contributed by atoms with Crippen molar-refractivity contribution in [1.29, 1.82) is 0 Å². The lowest BCUT2D eigenvalue weighted by Crippen LogP contribution is -2.00. The number of rotatable bonds is 4. The lowest BCUT2D eigenvalue weighted by atomic mass is 10.2. The smallest absolute Gasteiger partial charge is 0.338 e. The van der Waals surface area contributed by atoms with Gasteiger partial charge in [0.25, 0.3) is 0 Å². The Morgan fingerprint density at radius 2 is 2.00 bits per heavy atom. The number of carboxylic acids is 1. The molecule has 0 amide bonds. The third-order valence-corrected chi connectivity index (χ3v) is 4.49. The van der Waals surface area contributed by atoms with Gasteiger partial charge in [-0.1, -0.05) is 35.3 Å². The molecule has 0 bridgehead atoms. The highest BCUT2D eigenvalue weighted by molar-refractivity contribution is 7.98. The number of carbonyl (C=O) groups is 1. The van der Waals surface area contributed by atoms with Crippen LogP contribution in [0.15, 0.2) is 41.3 Å². The predicted molar refractivity (Wildman–Crippen MR) is 79.4 cm³/mol. The standard InChI is InChI=1S/C14H9Cl2FO2S/c15-11-3-1-2-8(13(11)16)7-20-9-4-5-12(17)10(6-9)14(18)19/h1-6H,7H2,(H,18,19). The Hall–Kier alpha value is -1.23. The molecule has 2 aromatic carbocycles. The molecule has 1 N–H and O–H groups in total. The van der Waals surface area contributed by atoms with Gasteiger partial charge in [0.1, 0.15) is 5.82 Å². The van der Waals surface area contributed by atoms with Gasteiger partial charge >= 0.3 is 5.97 Å². The topological polar surface area (TPSA) is 37.3 Å². The van der Waals surface area contributed by atoms with E-state index in [0.717, 1.165) is 11.6 Å². The van der Waals surface area contributed by atoms with Crippen LogP contribution in [-0.4, -0.2) is 11.1 Å². The molecule has 0 heterocycles. The number of benzene rings is 2. The molecule has 20 heavy (non-hydrogen) atoms. The Balaban J connectivity index is 2.17. The van der Waals surface area contributed by atoms with Crippen molar-refractivity contribution < 1.29 is 14.3 Å². The zero-order valence-electron chi connectivity index (χ0n) is 10.1. The minimum absolute atomic E-state index is 0.341. The molecular weight excluding hydrogens is 322 g/mol. The van der Waals surface area contributed by atoms with Crippen LogP contribution in [0.2, 0.25) is 10.0 Å². The Labute approximate surface area is 129 Å². The normalized spacial score (nSPS) is 10.6. The first-order chi connectivity index (χ1) is 9.49. The first-order valence-corrected chi connectivity index (χ1v) is 7.31. The summed E-state index contributed by atoms with van der Waals surface area (Å²) in [5.74, 6) is -1.52. The SMILES string of the molecule is O=C(O)c1cc(SCc2cccc(Cl)c2Cl)ccc1F. The monoisotopic (exact) mass is 330 g/mol. The molecule has 6 heteroatoms. The maximum atomic E-state index is 13.3. The van der Waals surface area contributed by atoms with Crippen LogP contribution in [0.4, 0.5) is 4.39 Å². The van der Waals surface area contributed by atoms with Crippen LogP contribution in [0.5, 0.6) is 0 Å². The van der Waals surface area contributed by atoms with Gasteiger partial charge in [0, 0.05) is 10.6 Å². The number of carboxylic acid groups (broad SMARTS) is 1. The summed E-state index contributed by atoms with van der Waals surface area (Å²) in [6.07, 6.45) is 0. The van der Waals surface area contributed by atoms with Gasteiger partial charge in [0.2, 0.25) is 0 Å². The largest absolute Gasteiger partial charge is 0.478 e. The summed E-state index contributed by atoms with van der Waals surface area (Å²) in [5, 5.41) is 9.81. The second-order valence-electron chi connectivity index (χ2n) is 3.95. The van der Waals surface area contributed by atoms with Crippen molar-refractivity contribution in [2.24, 2.45) is 0 Å². The Morgan fingerprint density at radius 1 is 1.25 bits per heavy atom. The molecule has 0 radical (unpaired) electrons. The summed E-state index contributed by atoms with van der Waals surface area (Å²) in [6, 6.07) is 9.30. The van der Waals surface area contributed by atoms with E-state index in [4.69, 9.17) is 28.3 Å². The van der Waals surface area contributed by atoms with E-state index >= 15 is 0 Å². The molecule has 0 aliphatic rings. The van der Waals surface area contributed by atoms with Gasteiger partial charge in [0.15, 0.2) is 0 Å². The van der Waals surface area contributed by atoms with Gasteiger partial charge in [-0.2, -0.15) is 0 Å². The van der Waals surface area contributed by atoms with Gasteiger partial charge < -0.3 is 5.11 Å². The van der Waals surface area contributed by atoms with Crippen molar-refractivity contribution in [3.05, 3.63) is 63.4 Å². The summed E-state index contributed by atoms with van der Waals surface area (Å²) in [7, 11) is 0. The van der Waals surface area contributed by atoms with E-state index in [9.17, 15) is 9.18 Å². The van der Waals surface area contributed by atoms with Gasteiger partial charge in [-0.05, 0) is 29.8 Å². The molecular formula is C14H9Cl2FO2S. The van der Waals surface area contributed by atoms with Crippen molar-refractivity contribution >= 4 is 40.9 Å². The summed E-state index contributed by atoms with van der Waals surface area (Å²) in [4.78, 5) is 11.5. The molecule has 2 rings (SSSR count). The highest BCUT2D eigenvalue weighted by Crippen LogP contribution is 2.31. The number of hydrogen-bond acceptors (Lipinski definition) is 2. The minimum Gasteiger partial charge on any atom is -0.478 e. The molecule has 0 aliphatic carbocycles. The molecule has 0 fully saturated rings. The van der Waals surface area contributed by atoms with E-state index in [1.807, 2.05) is 6.07 Å². The van der Waals surface area contributed by atoms with Crippen LogP contribution in [0, 0.1) is 5.82 Å². The zero-order valence-corrected chi connectivity index (χ0v) is 12.4. The number of aromatic carboxylic acids is 1. The fraction of sp³-hybridized carbons (Fsp3) is 0.0714. The fourth-order valence-corrected chi connectivity index (χ4v) is 2.97. The number of hydrogen-bond donors (Lipinski definition) is 1. The third-order valence-electron chi connectivity index (χ3n) is 2.59. The maximum Gasteiger partial charge on any atom is 0.338 e. The van der Waals surface area contributed by atoms with Crippen molar-refractivity contribution in [1.82, 2.24) is 0 Å². The average molecular weight is 331 g/mol. The van der Waals surface area contributed by atoms with Crippen LogP contribution >= 0.6 is 35.0 Å². The first-order valence-electron chi connectivity index (χ1n) is 5.57. The molecule has 0 unspecified atom stereocenters. The van der Waals surface area contributed by atoms with Gasteiger partial charge in [-0.15, -0.1) is 11.8 Å². The molecule has 0 aromatic heterocycles. The quantitative estimate of drug-likeness (QED) is 0.790. The Kier molecular flexibility index (Phi) is 4.91. The molecule has 0 aliphatic heterocycles. The van der Waals surface area contributed by atoms with E-state index in [1.54, 1.807) is 12.1 Å². The Bertz CT molecular complexity index is 662. The molecule has 0 saturated heterocycles. The number of halogens is 3. The molecule has 2 nitrogen and oxygen atoms in total. The lowest BCUT2D eigenvalue weighted by Gasteiger charge is -2.06. The van der Waals surface area contributed by atoms with E-state index < -0.39 is 11.8 Å². The van der Waals surface area contributed by atoms with Crippen LogP contribution in [0.3, 0.4) is 0 Å². The summed E-state index contributed by atoms with van der Waals surface area (Å²) >= 11 is 13.3. The molecule has 0 saturated carbocycles. The van der Waals surface area contributed by atoms with Crippen molar-refractivity contribution in [2.45, 2.75) is 10.6 Å². The highest BCUT2D eigenvalue weighted by Gasteiger charge is 2.11.